The molecule has 1 fully saturated rings. The molecule has 0 amide bonds. The fraction of sp³-hybridized carbons (Fsp3) is 0.667. The molecule has 1 saturated carbocycles. The minimum atomic E-state index is 0.222. The Morgan fingerprint density at radius 1 is 1.71 bits per heavy atom. The summed E-state index contributed by atoms with van der Waals surface area (Å²) in [6.07, 6.45) is 6.75. The number of fused-ring (bicyclic) bond motifs is 1. The first-order valence-electron chi connectivity index (χ1n) is 2.67. The number of rotatable bonds is 0. The fourth-order valence-electron chi connectivity index (χ4n) is 1.21. The van der Waals surface area contributed by atoms with Crippen molar-refractivity contribution in [2.45, 2.75) is 17.7 Å². The quantitative estimate of drug-likeness (QED) is 0.334. The summed E-state index contributed by atoms with van der Waals surface area (Å²) >= 11 is 5.98. The number of hydrogen-bond donors (Lipinski definition) is 0. The highest BCUT2D eigenvalue weighted by atomic mass is 35.5. The van der Waals surface area contributed by atoms with Crippen LogP contribution in [0.15, 0.2) is 12.2 Å². The zero-order chi connectivity index (χ0) is 4.91. The summed E-state index contributed by atoms with van der Waals surface area (Å²) in [5, 5.41) is 0. The van der Waals surface area contributed by atoms with Crippen LogP contribution in [0.2, 0.25) is 0 Å². The Labute approximate surface area is 48.2 Å². The largest absolute Gasteiger partial charge is 0.118 e. The Bertz CT molecular complexity index is 128. The smallest absolute Gasteiger partial charge is 0.0550 e. The van der Waals surface area contributed by atoms with Gasteiger partial charge in [0.05, 0.1) is 4.87 Å². The van der Waals surface area contributed by atoms with Gasteiger partial charge >= 0.3 is 0 Å². The Morgan fingerprint density at radius 2 is 2.57 bits per heavy atom. The summed E-state index contributed by atoms with van der Waals surface area (Å²) in [7, 11) is 0. The zero-order valence-electron chi connectivity index (χ0n) is 4.02. The molecule has 0 aromatic heterocycles. The summed E-state index contributed by atoms with van der Waals surface area (Å²) in [5.74, 6) is 0.745. The van der Waals surface area contributed by atoms with Gasteiger partial charge in [-0.2, -0.15) is 0 Å². The normalized spacial score (nSPS) is 54.7. The molecule has 0 nitrogen and oxygen atoms in total. The molecule has 0 radical (unpaired) electrons. The first-order chi connectivity index (χ1) is 3.31. The van der Waals surface area contributed by atoms with E-state index in [4.69, 9.17) is 11.6 Å². The molecule has 0 bridgehead atoms. The van der Waals surface area contributed by atoms with Gasteiger partial charge in [-0.1, -0.05) is 12.2 Å². The lowest BCUT2D eigenvalue weighted by atomic mass is 10.3. The van der Waals surface area contributed by atoms with Gasteiger partial charge in [-0.25, -0.2) is 0 Å². The van der Waals surface area contributed by atoms with E-state index in [2.05, 4.69) is 12.2 Å². The predicted molar refractivity (Wildman–Crippen MR) is 30.4 cm³/mol. The number of allylic oxidation sites excluding steroid dienone is 2. The summed E-state index contributed by atoms with van der Waals surface area (Å²) < 4.78 is 0. The van der Waals surface area contributed by atoms with Crippen molar-refractivity contribution in [2.24, 2.45) is 5.92 Å². The van der Waals surface area contributed by atoms with Crippen molar-refractivity contribution in [1.82, 2.24) is 0 Å². The summed E-state index contributed by atoms with van der Waals surface area (Å²) in [5.41, 5.74) is 0. The third-order valence-corrected chi connectivity index (χ3v) is 2.48. The maximum absolute atomic E-state index is 5.98. The zero-order valence-corrected chi connectivity index (χ0v) is 4.78. The van der Waals surface area contributed by atoms with Crippen LogP contribution in [-0.4, -0.2) is 4.87 Å². The maximum Gasteiger partial charge on any atom is 0.0550 e. The van der Waals surface area contributed by atoms with E-state index in [1.54, 1.807) is 0 Å². The average molecular weight is 115 g/mol. The van der Waals surface area contributed by atoms with E-state index in [0.717, 1.165) is 12.3 Å². The molecule has 2 rings (SSSR count). The minimum absolute atomic E-state index is 0.222. The third kappa shape index (κ3) is 0.381. The monoisotopic (exact) mass is 114 g/mol. The highest BCUT2D eigenvalue weighted by molar-refractivity contribution is 6.26. The van der Waals surface area contributed by atoms with Crippen molar-refractivity contribution < 1.29 is 0 Å². The molecule has 0 aromatic carbocycles. The second-order valence-electron chi connectivity index (χ2n) is 2.48. The van der Waals surface area contributed by atoms with Crippen LogP contribution in [0, 0.1) is 5.92 Å². The van der Waals surface area contributed by atoms with Gasteiger partial charge in [0.25, 0.3) is 0 Å². The maximum atomic E-state index is 5.98. The third-order valence-electron chi connectivity index (χ3n) is 1.89. The molecule has 0 aliphatic heterocycles. The topological polar surface area (TPSA) is 0 Å². The lowest BCUT2D eigenvalue weighted by Gasteiger charge is -1.92. The Balaban J connectivity index is 2.28. The van der Waals surface area contributed by atoms with Crippen LogP contribution in [0.5, 0.6) is 0 Å². The first kappa shape index (κ1) is 3.96. The highest BCUT2D eigenvalue weighted by Gasteiger charge is 2.52. The Hall–Kier alpha value is 0.0300. The molecule has 0 spiro atoms. The van der Waals surface area contributed by atoms with Crippen LogP contribution in [-0.2, 0) is 0 Å². The van der Waals surface area contributed by atoms with Gasteiger partial charge in [0.2, 0.25) is 0 Å². The molecule has 1 unspecified atom stereocenters. The van der Waals surface area contributed by atoms with Gasteiger partial charge < -0.3 is 0 Å². The van der Waals surface area contributed by atoms with Gasteiger partial charge in [0, 0.05) is 0 Å². The molecule has 0 heterocycles. The van der Waals surface area contributed by atoms with Crippen LogP contribution < -0.4 is 0 Å². The van der Waals surface area contributed by atoms with Crippen LogP contribution in [0.4, 0.5) is 0 Å². The molecule has 0 N–H and O–H groups in total. The minimum Gasteiger partial charge on any atom is -0.118 e. The molecule has 0 aromatic rings. The van der Waals surface area contributed by atoms with Crippen molar-refractivity contribution in [3.05, 3.63) is 12.2 Å². The molecule has 2 aliphatic rings. The van der Waals surface area contributed by atoms with Gasteiger partial charge in [0.15, 0.2) is 0 Å². The standard InChI is InChI=1S/C6H7Cl/c7-6-3-1-2-5(6)4-6/h1-2,5H,3-4H2/t5?,6-/m1/s1. The number of alkyl halides is 1. The van der Waals surface area contributed by atoms with Crippen LogP contribution >= 0.6 is 11.6 Å². The SMILES string of the molecule is Cl[C@@]12CC=CC1C2. The lowest BCUT2D eigenvalue weighted by molar-refractivity contribution is 0.901. The molecule has 38 valence electrons. The second-order valence-corrected chi connectivity index (χ2v) is 3.23. The average Bonchev–Trinajstić information content (AvgIpc) is 2.09. The Kier molecular flexibility index (Phi) is 0.509. The van der Waals surface area contributed by atoms with Crippen molar-refractivity contribution in [3.8, 4) is 0 Å². The van der Waals surface area contributed by atoms with Crippen LogP contribution in [0.25, 0.3) is 0 Å². The number of halogens is 1. The van der Waals surface area contributed by atoms with E-state index < -0.39 is 0 Å². The first-order valence-corrected chi connectivity index (χ1v) is 3.05. The molecular weight excluding hydrogens is 108 g/mol. The molecule has 2 atom stereocenters. The predicted octanol–water partition coefficient (Wildman–Crippen LogP) is 1.94. The number of hydrogen-bond acceptors (Lipinski definition) is 0. The molecule has 1 heteroatoms. The molecule has 2 aliphatic carbocycles. The molecular formula is C6H7Cl. The van der Waals surface area contributed by atoms with Crippen LogP contribution in [0.3, 0.4) is 0 Å². The van der Waals surface area contributed by atoms with E-state index in [1.165, 1.54) is 6.42 Å². The van der Waals surface area contributed by atoms with Gasteiger partial charge in [-0.15, -0.1) is 11.6 Å². The van der Waals surface area contributed by atoms with E-state index in [1.807, 2.05) is 0 Å². The van der Waals surface area contributed by atoms with E-state index >= 15 is 0 Å². The molecule has 7 heavy (non-hydrogen) atoms. The van der Waals surface area contributed by atoms with E-state index in [0.29, 0.717) is 0 Å². The summed E-state index contributed by atoms with van der Waals surface area (Å²) in [6, 6.07) is 0. The van der Waals surface area contributed by atoms with Gasteiger partial charge in [-0.3, -0.25) is 0 Å². The molecule has 0 saturated heterocycles. The second kappa shape index (κ2) is 0.899. The Morgan fingerprint density at radius 3 is 2.71 bits per heavy atom. The highest BCUT2D eigenvalue weighted by Crippen LogP contribution is 2.56. The van der Waals surface area contributed by atoms with Crippen molar-refractivity contribution >= 4 is 11.6 Å². The van der Waals surface area contributed by atoms with E-state index in [9.17, 15) is 0 Å². The van der Waals surface area contributed by atoms with Crippen molar-refractivity contribution in [1.29, 1.82) is 0 Å². The van der Waals surface area contributed by atoms with Crippen molar-refractivity contribution in [3.63, 3.8) is 0 Å². The van der Waals surface area contributed by atoms with Gasteiger partial charge in [-0.05, 0) is 18.8 Å². The lowest BCUT2D eigenvalue weighted by Crippen LogP contribution is -1.91. The summed E-state index contributed by atoms with van der Waals surface area (Å²) in [4.78, 5) is 0.222. The van der Waals surface area contributed by atoms with E-state index in [-0.39, 0.29) is 4.87 Å². The summed E-state index contributed by atoms with van der Waals surface area (Å²) in [6.45, 7) is 0. The van der Waals surface area contributed by atoms with Gasteiger partial charge in [0.1, 0.15) is 0 Å². The fourth-order valence-corrected chi connectivity index (χ4v) is 1.54. The van der Waals surface area contributed by atoms with Crippen molar-refractivity contribution in [2.75, 3.05) is 0 Å². The van der Waals surface area contributed by atoms with Crippen LogP contribution in [0.1, 0.15) is 12.8 Å².